The highest BCUT2D eigenvalue weighted by molar-refractivity contribution is 6.02. The third-order valence-corrected chi connectivity index (χ3v) is 5.88. The topological polar surface area (TPSA) is 113 Å². The molecule has 0 bridgehead atoms. The number of hydrogen-bond donors (Lipinski definition) is 2. The first-order chi connectivity index (χ1) is 18.2. The maximum Gasteiger partial charge on any atom is 0.255 e. The quantitative estimate of drug-likeness (QED) is 0.304. The molecule has 0 unspecified atom stereocenters. The van der Waals surface area contributed by atoms with Gasteiger partial charge in [-0.15, -0.1) is 0 Å². The fraction of sp³-hybridized carbons (Fsp3) is 0.269. The third kappa shape index (κ3) is 5.70. The number of nitrogens with zero attached hydrogens (tertiary/aromatic N) is 7. The van der Waals surface area contributed by atoms with Crippen LogP contribution in [0, 0.1) is 12.7 Å². The van der Waals surface area contributed by atoms with Gasteiger partial charge in [0.1, 0.15) is 17.9 Å². The Bertz CT molecular complexity index is 1490. The van der Waals surface area contributed by atoms with Gasteiger partial charge in [0.15, 0.2) is 0 Å². The Kier molecular flexibility index (Phi) is 7.82. The molecule has 4 aromatic rings. The number of aromatic nitrogens is 5. The van der Waals surface area contributed by atoms with Crippen molar-refractivity contribution in [3.05, 3.63) is 60.8 Å². The molecule has 0 radical (unpaired) electrons. The largest absolute Gasteiger partial charge is 0.494 e. The number of amides is 1. The Hall–Kier alpha value is -4.58. The predicted octanol–water partition coefficient (Wildman–Crippen LogP) is 3.53. The SMILES string of the molecule is C=CC(=O)Nc1cc(Nc2ncnc(-n3nc(C)c4ccc(F)cc43)n2)c(OC)cc1N(C)CCN(C)C. The molecule has 0 atom stereocenters. The van der Waals surface area contributed by atoms with Gasteiger partial charge in [-0.1, -0.05) is 6.58 Å². The molecule has 2 N–H and O–H groups in total. The van der Waals surface area contributed by atoms with E-state index >= 15 is 0 Å². The summed E-state index contributed by atoms with van der Waals surface area (Å²) in [6, 6.07) is 8.01. The van der Waals surface area contributed by atoms with Crippen molar-refractivity contribution in [1.82, 2.24) is 29.6 Å². The summed E-state index contributed by atoms with van der Waals surface area (Å²) in [5, 5.41) is 11.3. The number of likely N-dealkylation sites (N-methyl/N-ethyl adjacent to an activating group) is 2. The van der Waals surface area contributed by atoms with Crippen LogP contribution in [0.5, 0.6) is 5.75 Å². The van der Waals surface area contributed by atoms with Crippen LogP contribution in [-0.2, 0) is 4.79 Å². The highest BCUT2D eigenvalue weighted by Crippen LogP contribution is 2.38. The first-order valence-electron chi connectivity index (χ1n) is 11.8. The fourth-order valence-corrected chi connectivity index (χ4v) is 3.87. The molecule has 12 heteroatoms. The molecule has 0 saturated carbocycles. The van der Waals surface area contributed by atoms with Crippen LogP contribution in [0.4, 0.5) is 27.4 Å². The number of rotatable bonds is 10. The number of anilines is 4. The van der Waals surface area contributed by atoms with Crippen LogP contribution in [-0.4, -0.2) is 76.9 Å². The Morgan fingerprint density at radius 1 is 1.16 bits per heavy atom. The van der Waals surface area contributed by atoms with Crippen LogP contribution in [0.1, 0.15) is 5.69 Å². The molecule has 0 aliphatic carbocycles. The molecule has 198 valence electrons. The summed E-state index contributed by atoms with van der Waals surface area (Å²) < 4.78 is 21.1. The van der Waals surface area contributed by atoms with E-state index in [1.54, 1.807) is 19.2 Å². The molecule has 38 heavy (non-hydrogen) atoms. The van der Waals surface area contributed by atoms with Crippen LogP contribution in [0.3, 0.4) is 0 Å². The number of aryl methyl sites for hydroxylation is 1. The summed E-state index contributed by atoms with van der Waals surface area (Å²) in [7, 11) is 7.48. The van der Waals surface area contributed by atoms with Crippen LogP contribution in [0.2, 0.25) is 0 Å². The summed E-state index contributed by atoms with van der Waals surface area (Å²) in [5.41, 5.74) is 3.09. The molecule has 2 aromatic heterocycles. The second-order valence-electron chi connectivity index (χ2n) is 8.88. The zero-order valence-corrected chi connectivity index (χ0v) is 22.0. The highest BCUT2D eigenvalue weighted by Gasteiger charge is 2.18. The van der Waals surface area contributed by atoms with Crippen molar-refractivity contribution in [3.8, 4) is 11.7 Å². The van der Waals surface area contributed by atoms with Crippen molar-refractivity contribution in [2.75, 3.05) is 56.9 Å². The lowest BCUT2D eigenvalue weighted by Gasteiger charge is -2.25. The van der Waals surface area contributed by atoms with Crippen LogP contribution < -0.4 is 20.3 Å². The highest BCUT2D eigenvalue weighted by atomic mass is 19.1. The number of carbonyl (C=O) groups is 1. The van der Waals surface area contributed by atoms with Gasteiger partial charge in [-0.3, -0.25) is 4.79 Å². The lowest BCUT2D eigenvalue weighted by atomic mass is 10.2. The maximum atomic E-state index is 14.0. The predicted molar refractivity (Wildman–Crippen MR) is 146 cm³/mol. The van der Waals surface area contributed by atoms with Gasteiger partial charge in [0.2, 0.25) is 11.9 Å². The molecule has 0 fully saturated rings. The summed E-state index contributed by atoms with van der Waals surface area (Å²) in [6.45, 7) is 6.91. The number of benzene rings is 2. The van der Waals surface area contributed by atoms with E-state index in [0.717, 1.165) is 17.6 Å². The number of carbonyl (C=O) groups excluding carboxylic acids is 1. The number of ether oxygens (including phenoxy) is 1. The molecular formula is C26H30FN9O2. The van der Waals surface area contributed by atoms with Gasteiger partial charge >= 0.3 is 0 Å². The van der Waals surface area contributed by atoms with Gasteiger partial charge < -0.3 is 25.2 Å². The van der Waals surface area contributed by atoms with Gasteiger partial charge in [0, 0.05) is 37.7 Å². The smallest absolute Gasteiger partial charge is 0.255 e. The van der Waals surface area contributed by atoms with Crippen molar-refractivity contribution in [3.63, 3.8) is 0 Å². The van der Waals surface area contributed by atoms with Crippen molar-refractivity contribution in [2.24, 2.45) is 0 Å². The molecule has 0 aliphatic rings. The summed E-state index contributed by atoms with van der Waals surface area (Å²) in [4.78, 5) is 29.3. The van der Waals surface area contributed by atoms with E-state index < -0.39 is 0 Å². The Morgan fingerprint density at radius 3 is 2.66 bits per heavy atom. The Balaban J connectivity index is 1.72. The van der Waals surface area contributed by atoms with E-state index in [1.165, 1.54) is 29.2 Å². The zero-order valence-electron chi connectivity index (χ0n) is 22.0. The summed E-state index contributed by atoms with van der Waals surface area (Å²) >= 11 is 0. The Morgan fingerprint density at radius 2 is 1.95 bits per heavy atom. The lowest BCUT2D eigenvalue weighted by Crippen LogP contribution is -2.29. The summed E-state index contributed by atoms with van der Waals surface area (Å²) in [5.74, 6) is 0.198. The van der Waals surface area contributed by atoms with E-state index in [2.05, 4.69) is 42.2 Å². The minimum atomic E-state index is -0.388. The number of hydrogen-bond acceptors (Lipinski definition) is 9. The fourth-order valence-electron chi connectivity index (χ4n) is 3.87. The van der Waals surface area contributed by atoms with E-state index in [1.807, 2.05) is 39.0 Å². The molecule has 1 amide bonds. The van der Waals surface area contributed by atoms with E-state index in [4.69, 9.17) is 4.74 Å². The van der Waals surface area contributed by atoms with Crippen LogP contribution in [0.25, 0.3) is 16.9 Å². The average Bonchev–Trinajstić information content (AvgIpc) is 3.22. The molecular weight excluding hydrogens is 489 g/mol. The van der Waals surface area contributed by atoms with E-state index in [0.29, 0.717) is 34.9 Å². The Labute approximate surface area is 220 Å². The first kappa shape index (κ1) is 26.5. The molecule has 2 aromatic carbocycles. The van der Waals surface area contributed by atoms with Crippen molar-refractivity contribution in [2.45, 2.75) is 6.92 Å². The van der Waals surface area contributed by atoms with Gasteiger partial charge in [0.25, 0.3) is 5.95 Å². The van der Waals surface area contributed by atoms with Gasteiger partial charge in [-0.05, 0) is 45.3 Å². The van der Waals surface area contributed by atoms with Crippen molar-refractivity contribution < 1.29 is 13.9 Å². The average molecular weight is 520 g/mol. The van der Waals surface area contributed by atoms with Gasteiger partial charge in [0.05, 0.1) is 35.4 Å². The van der Waals surface area contributed by atoms with Crippen molar-refractivity contribution >= 4 is 39.8 Å². The zero-order chi connectivity index (χ0) is 27.4. The van der Waals surface area contributed by atoms with Gasteiger partial charge in [-0.25, -0.2) is 9.37 Å². The molecule has 2 heterocycles. The van der Waals surface area contributed by atoms with Crippen LogP contribution in [0.15, 0.2) is 49.3 Å². The third-order valence-electron chi connectivity index (χ3n) is 5.88. The second-order valence-corrected chi connectivity index (χ2v) is 8.88. The normalized spacial score (nSPS) is 11.0. The van der Waals surface area contributed by atoms with E-state index in [9.17, 15) is 9.18 Å². The molecule has 4 rings (SSSR count). The standard InChI is InChI=1S/C26H30FN9O2/c1-7-24(37)30-19-13-20(23(38-6)14-22(19)35(5)11-10-34(3)4)31-25-28-15-29-26(32-25)36-21-12-17(27)8-9-18(21)16(2)33-36/h7-9,12-15H,1,10-11H2,2-6H3,(H,30,37)(H,28,29,31,32). The molecule has 0 saturated heterocycles. The molecule has 0 aliphatic heterocycles. The lowest BCUT2D eigenvalue weighted by molar-refractivity contribution is -0.111. The number of nitrogens with one attached hydrogen (secondary N) is 2. The monoisotopic (exact) mass is 519 g/mol. The number of methoxy groups -OCH3 is 1. The second kappa shape index (κ2) is 11.2. The van der Waals surface area contributed by atoms with Crippen molar-refractivity contribution in [1.29, 1.82) is 0 Å². The number of fused-ring (bicyclic) bond motifs is 1. The minimum Gasteiger partial charge on any atom is -0.494 e. The van der Waals surface area contributed by atoms with E-state index in [-0.39, 0.29) is 23.6 Å². The summed E-state index contributed by atoms with van der Waals surface area (Å²) in [6.07, 6.45) is 2.54. The van der Waals surface area contributed by atoms with Gasteiger partial charge in [-0.2, -0.15) is 19.7 Å². The molecule has 0 spiro atoms. The van der Waals surface area contributed by atoms with Crippen LogP contribution >= 0.6 is 0 Å². The number of halogens is 1. The molecule has 11 nitrogen and oxygen atoms in total. The first-order valence-corrected chi connectivity index (χ1v) is 11.8. The minimum absolute atomic E-state index is 0.209. The maximum absolute atomic E-state index is 14.0.